The Labute approximate surface area is 129 Å². The van der Waals surface area contributed by atoms with Crippen LogP contribution in [0.15, 0.2) is 52.3 Å². The molecule has 1 heterocycles. The van der Waals surface area contributed by atoms with Crippen molar-refractivity contribution in [2.75, 3.05) is 5.32 Å². The maximum absolute atomic E-state index is 12.4. The highest BCUT2D eigenvalue weighted by Gasteiger charge is 2.13. The molecule has 3 rings (SSSR count). The second-order valence-corrected chi connectivity index (χ2v) is 6.39. The zero-order valence-electron chi connectivity index (χ0n) is 10.8. The lowest BCUT2D eigenvalue weighted by Gasteiger charge is -2.08. The molecule has 100 valence electrons. The molecule has 1 aromatic heterocycles. The van der Waals surface area contributed by atoms with Crippen LogP contribution in [0.25, 0.3) is 10.1 Å². The van der Waals surface area contributed by atoms with Gasteiger partial charge in [0.2, 0.25) is 0 Å². The van der Waals surface area contributed by atoms with Gasteiger partial charge in [-0.25, -0.2) is 0 Å². The van der Waals surface area contributed by atoms with Crippen LogP contribution in [-0.4, -0.2) is 5.91 Å². The fourth-order valence-corrected chi connectivity index (χ4v) is 3.37. The average Bonchev–Trinajstić information content (AvgIpc) is 2.87. The Bertz CT molecular complexity index is 794. The van der Waals surface area contributed by atoms with Crippen molar-refractivity contribution in [3.63, 3.8) is 0 Å². The van der Waals surface area contributed by atoms with Gasteiger partial charge in [-0.2, -0.15) is 0 Å². The molecule has 0 saturated heterocycles. The minimum absolute atomic E-state index is 0.0661. The Morgan fingerprint density at radius 3 is 2.85 bits per heavy atom. The van der Waals surface area contributed by atoms with Gasteiger partial charge in [-0.1, -0.05) is 40.2 Å². The lowest BCUT2D eigenvalue weighted by Crippen LogP contribution is -2.12. The second-order valence-electron chi connectivity index (χ2n) is 4.56. The van der Waals surface area contributed by atoms with Gasteiger partial charge in [0.1, 0.15) is 0 Å². The van der Waals surface area contributed by atoms with Crippen LogP contribution in [0.2, 0.25) is 0 Å². The quantitative estimate of drug-likeness (QED) is 0.677. The lowest BCUT2D eigenvalue weighted by molar-refractivity contribution is 0.102. The maximum Gasteiger partial charge on any atom is 0.257 e. The van der Waals surface area contributed by atoms with Gasteiger partial charge >= 0.3 is 0 Å². The molecule has 0 aliphatic carbocycles. The van der Waals surface area contributed by atoms with Crippen molar-refractivity contribution in [1.29, 1.82) is 0 Å². The summed E-state index contributed by atoms with van der Waals surface area (Å²) in [6, 6.07) is 13.8. The van der Waals surface area contributed by atoms with Crippen LogP contribution in [0.4, 0.5) is 5.69 Å². The Balaban J connectivity index is 1.95. The average molecular weight is 346 g/mol. The molecule has 0 aliphatic heterocycles. The Morgan fingerprint density at radius 2 is 2.00 bits per heavy atom. The van der Waals surface area contributed by atoms with E-state index < -0.39 is 0 Å². The highest BCUT2D eigenvalue weighted by atomic mass is 79.9. The fourth-order valence-electron chi connectivity index (χ4n) is 2.07. The summed E-state index contributed by atoms with van der Waals surface area (Å²) in [6.45, 7) is 1.98. The van der Waals surface area contributed by atoms with Crippen molar-refractivity contribution in [3.05, 3.63) is 63.4 Å². The van der Waals surface area contributed by atoms with E-state index in [1.807, 2.05) is 54.8 Å². The topological polar surface area (TPSA) is 29.1 Å². The first kappa shape index (κ1) is 13.3. The van der Waals surface area contributed by atoms with Crippen molar-refractivity contribution in [2.45, 2.75) is 6.92 Å². The zero-order valence-corrected chi connectivity index (χ0v) is 13.2. The molecule has 2 nitrogen and oxygen atoms in total. The van der Waals surface area contributed by atoms with E-state index in [4.69, 9.17) is 0 Å². The van der Waals surface area contributed by atoms with E-state index in [-0.39, 0.29) is 5.91 Å². The number of carbonyl (C=O) groups excluding carboxylic acids is 1. The van der Waals surface area contributed by atoms with Crippen LogP contribution < -0.4 is 5.32 Å². The van der Waals surface area contributed by atoms with E-state index >= 15 is 0 Å². The van der Waals surface area contributed by atoms with Gasteiger partial charge in [0.25, 0.3) is 5.91 Å². The molecule has 0 bridgehead atoms. The first-order chi connectivity index (χ1) is 9.65. The van der Waals surface area contributed by atoms with E-state index in [1.54, 1.807) is 11.3 Å². The molecule has 2 aromatic carbocycles. The molecule has 0 unspecified atom stereocenters. The predicted molar refractivity (Wildman–Crippen MR) is 88.7 cm³/mol. The smallest absolute Gasteiger partial charge is 0.257 e. The van der Waals surface area contributed by atoms with Gasteiger partial charge in [-0.05, 0) is 30.7 Å². The standard InChI is InChI=1S/C16H12BrNOS/c1-10-6-7-11(17)8-14(10)18-16(19)13-9-20-15-5-3-2-4-12(13)15/h2-9H,1H3,(H,18,19). The van der Waals surface area contributed by atoms with E-state index in [0.29, 0.717) is 0 Å². The number of hydrogen-bond donors (Lipinski definition) is 1. The monoisotopic (exact) mass is 345 g/mol. The van der Waals surface area contributed by atoms with E-state index in [0.717, 1.165) is 31.4 Å². The van der Waals surface area contributed by atoms with Crippen molar-refractivity contribution in [3.8, 4) is 0 Å². The molecular weight excluding hydrogens is 334 g/mol. The van der Waals surface area contributed by atoms with Crippen LogP contribution in [-0.2, 0) is 0 Å². The Morgan fingerprint density at radius 1 is 1.20 bits per heavy atom. The van der Waals surface area contributed by atoms with Crippen LogP contribution >= 0.6 is 27.3 Å². The number of hydrogen-bond acceptors (Lipinski definition) is 2. The number of fused-ring (bicyclic) bond motifs is 1. The molecule has 0 radical (unpaired) electrons. The van der Waals surface area contributed by atoms with E-state index in [2.05, 4.69) is 21.2 Å². The third kappa shape index (κ3) is 2.49. The SMILES string of the molecule is Cc1ccc(Br)cc1NC(=O)c1csc2ccccc12. The van der Waals surface area contributed by atoms with E-state index in [1.165, 1.54) is 0 Å². The van der Waals surface area contributed by atoms with Gasteiger partial charge in [-0.15, -0.1) is 11.3 Å². The summed E-state index contributed by atoms with van der Waals surface area (Å²) in [5, 5.41) is 5.90. The first-order valence-electron chi connectivity index (χ1n) is 6.19. The molecule has 0 spiro atoms. The van der Waals surface area contributed by atoms with Crippen LogP contribution in [0.3, 0.4) is 0 Å². The molecule has 20 heavy (non-hydrogen) atoms. The number of aryl methyl sites for hydroxylation is 1. The molecule has 0 saturated carbocycles. The van der Waals surface area contributed by atoms with Gasteiger partial charge in [0, 0.05) is 25.6 Å². The highest BCUT2D eigenvalue weighted by Crippen LogP contribution is 2.27. The minimum Gasteiger partial charge on any atom is -0.322 e. The number of anilines is 1. The van der Waals surface area contributed by atoms with Crippen molar-refractivity contribution < 1.29 is 4.79 Å². The molecule has 1 amide bonds. The molecule has 0 atom stereocenters. The van der Waals surface area contributed by atoms with Crippen molar-refractivity contribution >= 4 is 48.9 Å². The molecule has 3 aromatic rings. The third-order valence-electron chi connectivity index (χ3n) is 3.17. The Kier molecular flexibility index (Phi) is 3.59. The van der Waals surface area contributed by atoms with Crippen LogP contribution in [0.1, 0.15) is 15.9 Å². The summed E-state index contributed by atoms with van der Waals surface area (Å²) in [7, 11) is 0. The lowest BCUT2D eigenvalue weighted by atomic mass is 10.1. The number of amides is 1. The zero-order chi connectivity index (χ0) is 14.1. The number of rotatable bonds is 2. The minimum atomic E-state index is -0.0661. The van der Waals surface area contributed by atoms with E-state index in [9.17, 15) is 4.79 Å². The normalized spacial score (nSPS) is 10.7. The van der Waals surface area contributed by atoms with Crippen molar-refractivity contribution in [1.82, 2.24) is 0 Å². The Hall–Kier alpha value is -1.65. The highest BCUT2D eigenvalue weighted by molar-refractivity contribution is 9.10. The van der Waals surface area contributed by atoms with Crippen molar-refractivity contribution in [2.24, 2.45) is 0 Å². The summed E-state index contributed by atoms with van der Waals surface area (Å²) in [5.74, 6) is -0.0661. The number of benzene rings is 2. The molecule has 0 aliphatic rings. The van der Waals surface area contributed by atoms with Gasteiger partial charge < -0.3 is 5.32 Å². The molecule has 1 N–H and O–H groups in total. The number of halogens is 1. The first-order valence-corrected chi connectivity index (χ1v) is 7.86. The summed E-state index contributed by atoms with van der Waals surface area (Å²) in [5.41, 5.74) is 2.60. The maximum atomic E-state index is 12.4. The third-order valence-corrected chi connectivity index (χ3v) is 4.63. The number of carbonyl (C=O) groups is 1. The summed E-state index contributed by atoms with van der Waals surface area (Å²) < 4.78 is 2.08. The largest absolute Gasteiger partial charge is 0.322 e. The second kappa shape index (κ2) is 5.38. The number of nitrogens with one attached hydrogen (secondary N) is 1. The number of thiophene rings is 1. The van der Waals surface area contributed by atoms with Gasteiger partial charge in [0.05, 0.1) is 5.56 Å². The molecule has 4 heteroatoms. The van der Waals surface area contributed by atoms with Gasteiger partial charge in [0.15, 0.2) is 0 Å². The summed E-state index contributed by atoms with van der Waals surface area (Å²) in [4.78, 5) is 12.4. The van der Waals surface area contributed by atoms with Gasteiger partial charge in [-0.3, -0.25) is 4.79 Å². The molecule has 0 fully saturated rings. The fraction of sp³-hybridized carbons (Fsp3) is 0.0625. The predicted octanol–water partition coefficient (Wildman–Crippen LogP) is 5.22. The summed E-state index contributed by atoms with van der Waals surface area (Å²) in [6.07, 6.45) is 0. The van der Waals surface area contributed by atoms with Crippen LogP contribution in [0, 0.1) is 6.92 Å². The van der Waals surface area contributed by atoms with Crippen LogP contribution in [0.5, 0.6) is 0 Å². The molecular formula is C16H12BrNOS. The summed E-state index contributed by atoms with van der Waals surface area (Å²) >= 11 is 5.02.